The topological polar surface area (TPSA) is 52.6 Å². The lowest BCUT2D eigenvalue weighted by Gasteiger charge is -2.16. The van der Waals surface area contributed by atoms with Crippen LogP contribution in [0.4, 0.5) is 0 Å². The van der Waals surface area contributed by atoms with Crippen molar-refractivity contribution in [3.05, 3.63) is 51.5 Å². The summed E-state index contributed by atoms with van der Waals surface area (Å²) in [5.74, 6) is 0.821. The number of rotatable bonds is 7. The van der Waals surface area contributed by atoms with Crippen LogP contribution in [0.2, 0.25) is 0 Å². The molecule has 2 N–H and O–H groups in total. The number of nitrogens with one attached hydrogen (secondary N) is 2. The molecule has 5 nitrogen and oxygen atoms in total. The molecular weight excluding hydrogens is 445 g/mol. The number of aliphatic imine (C=N–C) groups is 1. The number of hydrogen-bond donors (Lipinski definition) is 2. The monoisotopic (exact) mass is 473 g/mol. The minimum atomic E-state index is 0. The van der Waals surface area contributed by atoms with E-state index in [1.54, 1.807) is 18.4 Å². The maximum atomic E-state index is 4.48. The van der Waals surface area contributed by atoms with Crippen molar-refractivity contribution in [3.8, 4) is 0 Å². The zero-order valence-electron chi connectivity index (χ0n) is 15.4. The summed E-state index contributed by atoms with van der Waals surface area (Å²) in [5, 5.41) is 9.98. The standard InChI is InChI=1S/C18H27N5S.HI/c1-14-22-17(13-24-14)9-10-20-18(19-2)21-11-15-7-5-6-8-16(15)12-23(3)4;/h5-8,13H,9-12H2,1-4H3,(H2,19,20,21);1H. The number of nitrogens with zero attached hydrogens (tertiary/aromatic N) is 3. The predicted octanol–water partition coefficient (Wildman–Crippen LogP) is 3.04. The van der Waals surface area contributed by atoms with Crippen LogP contribution in [0.15, 0.2) is 34.6 Å². The molecule has 0 radical (unpaired) electrons. The van der Waals surface area contributed by atoms with Gasteiger partial charge < -0.3 is 15.5 Å². The van der Waals surface area contributed by atoms with Crippen molar-refractivity contribution in [3.63, 3.8) is 0 Å². The molecule has 1 aromatic carbocycles. The van der Waals surface area contributed by atoms with Gasteiger partial charge in [-0.15, -0.1) is 35.3 Å². The molecule has 0 amide bonds. The smallest absolute Gasteiger partial charge is 0.191 e. The van der Waals surface area contributed by atoms with Crippen LogP contribution in [0, 0.1) is 6.92 Å². The van der Waals surface area contributed by atoms with Gasteiger partial charge in [-0.1, -0.05) is 24.3 Å². The lowest BCUT2D eigenvalue weighted by atomic mass is 10.1. The Balaban J connectivity index is 0.00000312. The fourth-order valence-corrected chi connectivity index (χ4v) is 3.10. The number of hydrogen-bond acceptors (Lipinski definition) is 4. The molecule has 1 heterocycles. The van der Waals surface area contributed by atoms with Gasteiger partial charge in [-0.2, -0.15) is 0 Å². The molecule has 0 unspecified atom stereocenters. The van der Waals surface area contributed by atoms with Crippen LogP contribution in [0.3, 0.4) is 0 Å². The van der Waals surface area contributed by atoms with E-state index in [-0.39, 0.29) is 24.0 Å². The van der Waals surface area contributed by atoms with E-state index in [1.807, 2.05) is 6.92 Å². The largest absolute Gasteiger partial charge is 0.356 e. The molecule has 0 aliphatic rings. The maximum Gasteiger partial charge on any atom is 0.191 e. The first-order valence-corrected chi connectivity index (χ1v) is 9.03. The highest BCUT2D eigenvalue weighted by molar-refractivity contribution is 14.0. The highest BCUT2D eigenvalue weighted by atomic mass is 127. The van der Waals surface area contributed by atoms with E-state index in [0.717, 1.165) is 42.7 Å². The van der Waals surface area contributed by atoms with Crippen molar-refractivity contribution in [1.29, 1.82) is 0 Å². The Morgan fingerprint density at radius 1 is 1.20 bits per heavy atom. The number of halogens is 1. The molecular formula is C18H28IN5S. The van der Waals surface area contributed by atoms with Crippen LogP contribution < -0.4 is 10.6 Å². The van der Waals surface area contributed by atoms with Gasteiger partial charge in [0.15, 0.2) is 5.96 Å². The van der Waals surface area contributed by atoms with Gasteiger partial charge in [-0.25, -0.2) is 4.98 Å². The number of guanidine groups is 1. The van der Waals surface area contributed by atoms with Gasteiger partial charge in [0.25, 0.3) is 0 Å². The second-order valence-electron chi connectivity index (χ2n) is 5.97. The molecule has 0 atom stereocenters. The number of thiazole rings is 1. The van der Waals surface area contributed by atoms with E-state index in [0.29, 0.717) is 0 Å². The first kappa shape index (κ1) is 21.9. The van der Waals surface area contributed by atoms with Crippen LogP contribution >= 0.6 is 35.3 Å². The average molecular weight is 473 g/mol. The molecule has 0 aliphatic heterocycles. The minimum absolute atomic E-state index is 0. The van der Waals surface area contributed by atoms with E-state index in [1.165, 1.54) is 11.1 Å². The SMILES string of the molecule is CN=C(NCCc1csc(C)n1)NCc1ccccc1CN(C)C.I. The Kier molecular flexibility index (Phi) is 9.99. The highest BCUT2D eigenvalue weighted by Crippen LogP contribution is 2.10. The Hall–Kier alpha value is -1.19. The average Bonchev–Trinajstić information content (AvgIpc) is 2.97. The fraction of sp³-hybridized carbons (Fsp3) is 0.444. The third kappa shape index (κ3) is 7.70. The van der Waals surface area contributed by atoms with Crippen molar-refractivity contribution in [2.75, 3.05) is 27.7 Å². The Morgan fingerprint density at radius 2 is 1.92 bits per heavy atom. The van der Waals surface area contributed by atoms with Crippen molar-refractivity contribution < 1.29 is 0 Å². The van der Waals surface area contributed by atoms with Crippen molar-refractivity contribution in [1.82, 2.24) is 20.5 Å². The van der Waals surface area contributed by atoms with Crippen LogP contribution in [0.25, 0.3) is 0 Å². The Bertz CT molecular complexity index is 669. The first-order chi connectivity index (χ1) is 11.6. The van der Waals surface area contributed by atoms with Crippen molar-refractivity contribution >= 4 is 41.3 Å². The third-order valence-corrected chi connectivity index (χ3v) is 4.44. The predicted molar refractivity (Wildman–Crippen MR) is 118 cm³/mol. The van der Waals surface area contributed by atoms with Gasteiger partial charge in [0.2, 0.25) is 0 Å². The summed E-state index contributed by atoms with van der Waals surface area (Å²) in [6, 6.07) is 8.51. The number of benzene rings is 1. The van der Waals surface area contributed by atoms with E-state index in [2.05, 4.69) is 69.3 Å². The Labute approximate surface area is 172 Å². The molecule has 0 saturated heterocycles. The summed E-state index contributed by atoms with van der Waals surface area (Å²) < 4.78 is 0. The molecule has 2 rings (SSSR count). The summed E-state index contributed by atoms with van der Waals surface area (Å²) in [4.78, 5) is 11.0. The third-order valence-electron chi connectivity index (χ3n) is 3.62. The molecule has 2 aromatic rings. The molecule has 0 bridgehead atoms. The van der Waals surface area contributed by atoms with Crippen LogP contribution in [-0.2, 0) is 19.5 Å². The molecule has 0 fully saturated rings. The summed E-state index contributed by atoms with van der Waals surface area (Å²) in [7, 11) is 5.98. The molecule has 1 aromatic heterocycles. The van der Waals surface area contributed by atoms with Crippen LogP contribution in [0.5, 0.6) is 0 Å². The number of aromatic nitrogens is 1. The minimum Gasteiger partial charge on any atom is -0.356 e. The molecule has 0 spiro atoms. The van der Waals surface area contributed by atoms with E-state index >= 15 is 0 Å². The zero-order valence-corrected chi connectivity index (χ0v) is 18.5. The molecule has 0 saturated carbocycles. The first-order valence-electron chi connectivity index (χ1n) is 8.15. The van der Waals surface area contributed by atoms with Gasteiger partial charge in [0.1, 0.15) is 0 Å². The van der Waals surface area contributed by atoms with E-state index < -0.39 is 0 Å². The van der Waals surface area contributed by atoms with Crippen molar-refractivity contribution in [2.24, 2.45) is 4.99 Å². The van der Waals surface area contributed by atoms with Gasteiger partial charge in [-0.3, -0.25) is 4.99 Å². The summed E-state index contributed by atoms with van der Waals surface area (Å²) in [6.45, 7) is 4.56. The van der Waals surface area contributed by atoms with Crippen LogP contribution in [-0.4, -0.2) is 43.5 Å². The second-order valence-corrected chi connectivity index (χ2v) is 7.03. The highest BCUT2D eigenvalue weighted by Gasteiger charge is 2.05. The summed E-state index contributed by atoms with van der Waals surface area (Å²) in [5.41, 5.74) is 3.77. The quantitative estimate of drug-likeness (QED) is 0.369. The zero-order chi connectivity index (χ0) is 17.4. The second kappa shape index (κ2) is 11.4. The normalized spacial score (nSPS) is 11.3. The van der Waals surface area contributed by atoms with E-state index in [9.17, 15) is 0 Å². The number of aryl methyl sites for hydroxylation is 1. The summed E-state index contributed by atoms with van der Waals surface area (Å²) in [6.07, 6.45) is 0.905. The van der Waals surface area contributed by atoms with Gasteiger partial charge in [0, 0.05) is 38.5 Å². The summed E-state index contributed by atoms with van der Waals surface area (Å²) >= 11 is 1.69. The maximum absolute atomic E-state index is 4.48. The lowest BCUT2D eigenvalue weighted by molar-refractivity contribution is 0.400. The fourth-order valence-electron chi connectivity index (χ4n) is 2.46. The molecule has 7 heteroatoms. The van der Waals surface area contributed by atoms with Crippen molar-refractivity contribution in [2.45, 2.75) is 26.4 Å². The van der Waals surface area contributed by atoms with Gasteiger partial charge in [0.05, 0.1) is 10.7 Å². The van der Waals surface area contributed by atoms with Gasteiger partial charge in [-0.05, 0) is 32.1 Å². The lowest BCUT2D eigenvalue weighted by Crippen LogP contribution is -2.38. The molecule has 25 heavy (non-hydrogen) atoms. The molecule has 0 aliphatic carbocycles. The van der Waals surface area contributed by atoms with Crippen LogP contribution in [0.1, 0.15) is 21.8 Å². The van der Waals surface area contributed by atoms with E-state index in [4.69, 9.17) is 0 Å². The van der Waals surface area contributed by atoms with Gasteiger partial charge >= 0.3 is 0 Å². The Morgan fingerprint density at radius 3 is 2.52 bits per heavy atom. The molecule has 138 valence electrons.